The van der Waals surface area contributed by atoms with E-state index in [1.54, 1.807) is 0 Å². The summed E-state index contributed by atoms with van der Waals surface area (Å²) in [5.74, 6) is 0. The lowest BCUT2D eigenvalue weighted by molar-refractivity contribution is 1.37. The van der Waals surface area contributed by atoms with Crippen molar-refractivity contribution in [2.24, 2.45) is 0 Å². The van der Waals surface area contributed by atoms with Crippen molar-refractivity contribution in [1.82, 2.24) is 8.80 Å². The van der Waals surface area contributed by atoms with Gasteiger partial charge >= 0.3 is 0 Å². The first-order valence-electron chi connectivity index (χ1n) is 34.0. The summed E-state index contributed by atoms with van der Waals surface area (Å²) in [5.41, 5.74) is 28.9. The fourth-order valence-corrected chi connectivity index (χ4v) is 16.8. The Balaban J connectivity index is 0.646. The summed E-state index contributed by atoms with van der Waals surface area (Å²) in [7, 11) is 0. The molecule has 0 N–H and O–H groups in total. The topological polar surface area (TPSA) is 8.82 Å². The molecule has 21 rings (SSSR count). The highest BCUT2D eigenvalue weighted by atomic mass is 14.9. The molecule has 2 nitrogen and oxygen atoms in total. The van der Waals surface area contributed by atoms with Crippen LogP contribution in [-0.2, 0) is 0 Å². The molecule has 17 aromatic carbocycles. The molecule has 4 aromatic heterocycles. The lowest BCUT2D eigenvalue weighted by atomic mass is 9.90. The third-order valence-corrected chi connectivity index (χ3v) is 21.3. The van der Waals surface area contributed by atoms with Gasteiger partial charge in [-0.15, -0.1) is 0 Å². The van der Waals surface area contributed by atoms with Crippen LogP contribution in [0.1, 0.15) is 0 Å². The molecule has 0 radical (unpaired) electrons. The van der Waals surface area contributed by atoms with Gasteiger partial charge in [-0.25, -0.2) is 0 Å². The minimum Gasteiger partial charge on any atom is -0.308 e. The highest BCUT2D eigenvalue weighted by molar-refractivity contribution is 6.28. The number of hydrogen-bond donors (Lipinski definition) is 0. The van der Waals surface area contributed by atoms with Crippen LogP contribution in [0.5, 0.6) is 0 Å². The van der Waals surface area contributed by atoms with E-state index >= 15 is 0 Å². The summed E-state index contributed by atoms with van der Waals surface area (Å²) in [6.07, 6.45) is 0. The quantitative estimate of drug-likeness (QED) is 0.127. The molecule has 0 spiro atoms. The van der Waals surface area contributed by atoms with Gasteiger partial charge in [0.15, 0.2) is 0 Å². The minimum absolute atomic E-state index is 1.17. The van der Waals surface area contributed by atoms with Crippen LogP contribution in [0.4, 0.5) is 0 Å². The molecule has 0 saturated carbocycles. The van der Waals surface area contributed by atoms with Gasteiger partial charge in [-0.1, -0.05) is 255 Å². The van der Waals surface area contributed by atoms with E-state index in [2.05, 4.69) is 361 Å². The lowest BCUT2D eigenvalue weighted by Crippen LogP contribution is -1.89. The van der Waals surface area contributed by atoms with Crippen molar-refractivity contribution in [3.8, 4) is 100 Å². The first-order valence-corrected chi connectivity index (χ1v) is 34.0. The predicted molar refractivity (Wildman–Crippen MR) is 417 cm³/mol. The fraction of sp³-hybridized carbons (Fsp3) is 0. The second kappa shape index (κ2) is 21.3. The molecule has 0 amide bonds. The van der Waals surface area contributed by atoms with Gasteiger partial charge in [0.2, 0.25) is 0 Å². The summed E-state index contributed by atoms with van der Waals surface area (Å²) in [6.45, 7) is 0. The number of aromatic nitrogens is 2. The van der Waals surface area contributed by atoms with Crippen LogP contribution in [0.25, 0.3) is 209 Å². The molecule has 2 heteroatoms. The maximum atomic E-state index is 2.55. The summed E-state index contributed by atoms with van der Waals surface area (Å²) in [6, 6.07) is 132. The molecule has 0 bridgehead atoms. The number of hydrogen-bond acceptors (Lipinski definition) is 0. The van der Waals surface area contributed by atoms with Gasteiger partial charge in [-0.3, -0.25) is 0 Å². The maximum absolute atomic E-state index is 2.55. The average molecular weight is 1240 g/mol. The standard InChI is InChI=1S/C96H58N2/c1-2-20-59(21-3-1)71-51-72(65-27-15-23-61(47-65)63-25-17-28-66(49-63)74-55-87-82-36-8-11-41-91(82)97-92-42-12-9-37-83(92)88(56-74)95(87)97)53-73(52-71)68-30-18-31-70(50-68)76-39-19-40-85-90-58-75(57-89-84-38-10-13-43-93(84)98(94(76)85)96(89)90)67-29-16-24-62(48-67)60-22-14-26-64(46-60)69-44-45-81-79-34-5-4-32-77(79)78-33-6-7-35-80(78)86(81)54-69/h1-58H. The third-order valence-electron chi connectivity index (χ3n) is 21.3. The molecule has 0 fully saturated rings. The van der Waals surface area contributed by atoms with Crippen molar-refractivity contribution in [3.63, 3.8) is 0 Å². The van der Waals surface area contributed by atoms with Gasteiger partial charge in [0.1, 0.15) is 0 Å². The van der Waals surface area contributed by atoms with E-state index in [-0.39, 0.29) is 0 Å². The van der Waals surface area contributed by atoms with Crippen molar-refractivity contribution in [1.29, 1.82) is 0 Å². The summed E-state index contributed by atoms with van der Waals surface area (Å²) in [5, 5.41) is 17.9. The van der Waals surface area contributed by atoms with Gasteiger partial charge in [0.05, 0.1) is 33.1 Å². The smallest absolute Gasteiger partial charge is 0.0621 e. The summed E-state index contributed by atoms with van der Waals surface area (Å²) in [4.78, 5) is 0. The fourth-order valence-electron chi connectivity index (χ4n) is 16.8. The van der Waals surface area contributed by atoms with E-state index < -0.39 is 0 Å². The van der Waals surface area contributed by atoms with Gasteiger partial charge in [-0.2, -0.15) is 0 Å². The van der Waals surface area contributed by atoms with E-state index in [4.69, 9.17) is 0 Å². The second-order valence-corrected chi connectivity index (χ2v) is 26.7. The van der Waals surface area contributed by atoms with Gasteiger partial charge in [0.25, 0.3) is 0 Å². The van der Waals surface area contributed by atoms with Gasteiger partial charge in [0, 0.05) is 48.7 Å². The van der Waals surface area contributed by atoms with Crippen molar-refractivity contribution in [2.45, 2.75) is 0 Å². The van der Waals surface area contributed by atoms with E-state index in [1.807, 2.05) is 0 Å². The number of para-hydroxylation sites is 4. The molecule has 0 unspecified atom stereocenters. The van der Waals surface area contributed by atoms with Crippen LogP contribution in [0, 0.1) is 0 Å². The van der Waals surface area contributed by atoms with Gasteiger partial charge in [-0.05, 0) is 224 Å². The number of rotatable bonds is 9. The average Bonchev–Trinajstić information content (AvgIpc) is 1.55. The van der Waals surface area contributed by atoms with Crippen LogP contribution in [0.2, 0.25) is 0 Å². The third kappa shape index (κ3) is 8.35. The normalized spacial score (nSPS) is 12.1. The number of nitrogens with zero attached hydrogens (tertiary/aromatic N) is 2. The molecule has 0 aliphatic carbocycles. The SMILES string of the molecule is c1ccc(-c2cc(-c3cccc(-c4cccc(-c5cc6c7ccccc7n7c8ccccc8c(c5)c67)c4)c3)cc(-c3cccc(-c4cccc5c6cc(-c7cccc(-c8cccc(-c9ccc%10c%11ccccc%11c%11ccccc%11c%10c9)c8)c7)cc7c8ccccc8n(c45)c76)c3)c2)cc1. The molecule has 21 aromatic rings. The van der Waals surface area contributed by atoms with Crippen LogP contribution in [0.3, 0.4) is 0 Å². The number of benzene rings is 17. The molecule has 452 valence electrons. The Bertz CT molecular complexity index is 6740. The first kappa shape index (κ1) is 54.5. The van der Waals surface area contributed by atoms with Crippen molar-refractivity contribution in [3.05, 3.63) is 352 Å². The largest absolute Gasteiger partial charge is 0.308 e. The highest BCUT2D eigenvalue weighted by Crippen LogP contribution is 2.48. The van der Waals surface area contributed by atoms with Gasteiger partial charge < -0.3 is 8.80 Å². The van der Waals surface area contributed by atoms with E-state index in [1.165, 1.54) is 209 Å². The molecular weight excluding hydrogens is 1180 g/mol. The molecule has 0 aliphatic heterocycles. The molecule has 4 heterocycles. The van der Waals surface area contributed by atoms with E-state index in [0.29, 0.717) is 0 Å². The maximum Gasteiger partial charge on any atom is 0.0621 e. The van der Waals surface area contributed by atoms with Crippen LogP contribution < -0.4 is 0 Å². The molecule has 98 heavy (non-hydrogen) atoms. The van der Waals surface area contributed by atoms with Crippen LogP contribution in [-0.4, -0.2) is 8.80 Å². The van der Waals surface area contributed by atoms with Crippen molar-refractivity contribution >= 4 is 109 Å². The molecule has 0 saturated heterocycles. The summed E-state index contributed by atoms with van der Waals surface area (Å²) >= 11 is 0. The Kier molecular flexibility index (Phi) is 11.9. The van der Waals surface area contributed by atoms with Crippen LogP contribution in [0.15, 0.2) is 352 Å². The monoisotopic (exact) mass is 1240 g/mol. The Morgan fingerprint density at radius 1 is 0.122 bits per heavy atom. The molecular formula is C96H58N2. The van der Waals surface area contributed by atoms with E-state index in [0.717, 1.165) is 0 Å². The minimum atomic E-state index is 1.17. The Hall–Kier alpha value is -12.9. The first-order chi connectivity index (χ1) is 48.6. The molecule has 0 atom stereocenters. The van der Waals surface area contributed by atoms with Crippen LogP contribution >= 0.6 is 0 Å². The zero-order valence-corrected chi connectivity index (χ0v) is 53.4. The van der Waals surface area contributed by atoms with Crippen molar-refractivity contribution in [2.75, 3.05) is 0 Å². The predicted octanol–water partition coefficient (Wildman–Crippen LogP) is 26.4. The lowest BCUT2D eigenvalue weighted by Gasteiger charge is -2.14. The van der Waals surface area contributed by atoms with E-state index in [9.17, 15) is 0 Å². The zero-order chi connectivity index (χ0) is 64.1. The summed E-state index contributed by atoms with van der Waals surface area (Å²) < 4.78 is 5.00. The Morgan fingerprint density at radius 2 is 0.388 bits per heavy atom. The van der Waals surface area contributed by atoms with Crippen molar-refractivity contribution < 1.29 is 0 Å². The highest BCUT2D eigenvalue weighted by Gasteiger charge is 2.24. The Morgan fingerprint density at radius 3 is 0.847 bits per heavy atom. The molecule has 0 aliphatic rings. The second-order valence-electron chi connectivity index (χ2n) is 26.7. The zero-order valence-electron chi connectivity index (χ0n) is 53.4. The Labute approximate surface area is 565 Å². The number of fused-ring (bicyclic) bond motifs is 18.